The molecule has 1 heterocycles. The first kappa shape index (κ1) is 15.4. The van der Waals surface area contributed by atoms with Gasteiger partial charge in [-0.05, 0) is 43.4 Å². The van der Waals surface area contributed by atoms with Crippen LogP contribution in [0.5, 0.6) is 5.75 Å². The number of ether oxygens (including phenoxy) is 1. The number of likely N-dealkylation sites (tertiary alicyclic amines) is 1. The molecule has 0 aromatic heterocycles. The van der Waals surface area contributed by atoms with Crippen LogP contribution >= 0.6 is 15.9 Å². The Morgan fingerprint density at radius 2 is 2.35 bits per heavy atom. The lowest BCUT2D eigenvalue weighted by Crippen LogP contribution is -2.39. The van der Waals surface area contributed by atoms with Crippen LogP contribution in [0.1, 0.15) is 32.6 Å². The van der Waals surface area contributed by atoms with Crippen molar-refractivity contribution < 1.29 is 9.53 Å². The lowest BCUT2D eigenvalue weighted by atomic mass is 10.00. The van der Waals surface area contributed by atoms with Crippen molar-refractivity contribution in [2.45, 2.75) is 32.6 Å². The fraction of sp³-hybridized carbons (Fsp3) is 0.562. The number of piperidine rings is 1. The minimum atomic E-state index is 0.273. The van der Waals surface area contributed by atoms with Crippen LogP contribution in [-0.2, 0) is 4.79 Å². The number of nitrogens with zero attached hydrogens (tertiary/aromatic N) is 1. The standard InChI is InChI=1S/C16H22BrNO2/c1-13-5-3-9-18(12-13)16(19)8-4-10-20-15-7-2-6-14(17)11-15/h2,6-7,11,13H,3-5,8-10,12H2,1H3. The first-order valence-corrected chi connectivity index (χ1v) is 8.10. The number of hydrogen-bond acceptors (Lipinski definition) is 2. The van der Waals surface area contributed by atoms with Gasteiger partial charge in [0.15, 0.2) is 0 Å². The van der Waals surface area contributed by atoms with Crippen molar-refractivity contribution in [1.29, 1.82) is 0 Å². The van der Waals surface area contributed by atoms with E-state index in [1.807, 2.05) is 29.2 Å². The molecule has 0 bridgehead atoms. The van der Waals surface area contributed by atoms with E-state index in [9.17, 15) is 4.79 Å². The van der Waals surface area contributed by atoms with Gasteiger partial charge in [-0.15, -0.1) is 0 Å². The highest BCUT2D eigenvalue weighted by atomic mass is 79.9. The summed E-state index contributed by atoms with van der Waals surface area (Å²) in [6.07, 6.45) is 3.74. The van der Waals surface area contributed by atoms with Crippen LogP contribution in [0, 0.1) is 5.92 Å². The Balaban J connectivity index is 1.66. The van der Waals surface area contributed by atoms with E-state index in [4.69, 9.17) is 4.74 Å². The Labute approximate surface area is 129 Å². The molecule has 2 rings (SSSR count). The molecule has 3 nitrogen and oxygen atoms in total. The van der Waals surface area contributed by atoms with E-state index in [1.165, 1.54) is 6.42 Å². The Hall–Kier alpha value is -1.03. The van der Waals surface area contributed by atoms with Crippen molar-refractivity contribution in [3.8, 4) is 5.75 Å². The molecule has 0 aliphatic carbocycles. The Morgan fingerprint density at radius 1 is 1.50 bits per heavy atom. The number of carbonyl (C=O) groups is 1. The van der Waals surface area contributed by atoms with Crippen LogP contribution < -0.4 is 4.74 Å². The van der Waals surface area contributed by atoms with Gasteiger partial charge in [-0.2, -0.15) is 0 Å². The van der Waals surface area contributed by atoms with E-state index < -0.39 is 0 Å². The zero-order valence-corrected chi connectivity index (χ0v) is 13.6. The summed E-state index contributed by atoms with van der Waals surface area (Å²) in [6, 6.07) is 7.78. The minimum Gasteiger partial charge on any atom is -0.494 e. The predicted molar refractivity (Wildman–Crippen MR) is 83.8 cm³/mol. The summed E-state index contributed by atoms with van der Waals surface area (Å²) in [4.78, 5) is 14.1. The number of hydrogen-bond donors (Lipinski definition) is 0. The number of amides is 1. The molecule has 20 heavy (non-hydrogen) atoms. The molecule has 1 aliphatic heterocycles. The van der Waals surface area contributed by atoms with Gasteiger partial charge in [-0.1, -0.05) is 28.9 Å². The van der Waals surface area contributed by atoms with Gasteiger partial charge in [0.25, 0.3) is 0 Å². The molecule has 4 heteroatoms. The lowest BCUT2D eigenvalue weighted by Gasteiger charge is -2.31. The molecular weight excluding hydrogens is 318 g/mol. The number of rotatable bonds is 5. The quantitative estimate of drug-likeness (QED) is 0.762. The van der Waals surface area contributed by atoms with E-state index in [0.29, 0.717) is 18.9 Å². The Kier molecular flexibility index (Phi) is 5.89. The van der Waals surface area contributed by atoms with Gasteiger partial charge in [0, 0.05) is 24.0 Å². The molecule has 0 saturated carbocycles. The van der Waals surface area contributed by atoms with E-state index in [-0.39, 0.29) is 5.91 Å². The van der Waals surface area contributed by atoms with Crippen molar-refractivity contribution in [1.82, 2.24) is 4.90 Å². The highest BCUT2D eigenvalue weighted by Gasteiger charge is 2.20. The van der Waals surface area contributed by atoms with Crippen LogP contribution in [0.3, 0.4) is 0 Å². The molecule has 1 aliphatic rings. The molecule has 1 unspecified atom stereocenters. The normalized spacial score (nSPS) is 18.9. The van der Waals surface area contributed by atoms with Crippen LogP contribution in [-0.4, -0.2) is 30.5 Å². The largest absolute Gasteiger partial charge is 0.494 e. The smallest absolute Gasteiger partial charge is 0.222 e. The fourth-order valence-electron chi connectivity index (χ4n) is 2.54. The van der Waals surface area contributed by atoms with Gasteiger partial charge >= 0.3 is 0 Å². The lowest BCUT2D eigenvalue weighted by molar-refractivity contribution is -0.133. The number of benzene rings is 1. The second kappa shape index (κ2) is 7.67. The molecule has 1 atom stereocenters. The van der Waals surface area contributed by atoms with Gasteiger partial charge in [-0.3, -0.25) is 4.79 Å². The fourth-order valence-corrected chi connectivity index (χ4v) is 2.92. The van der Waals surface area contributed by atoms with Crippen LogP contribution in [0.15, 0.2) is 28.7 Å². The SMILES string of the molecule is CC1CCCN(C(=O)CCCOc2cccc(Br)c2)C1. The zero-order valence-electron chi connectivity index (χ0n) is 12.0. The summed E-state index contributed by atoms with van der Waals surface area (Å²) < 4.78 is 6.65. The van der Waals surface area contributed by atoms with Gasteiger partial charge in [0.1, 0.15) is 5.75 Å². The highest BCUT2D eigenvalue weighted by Crippen LogP contribution is 2.19. The maximum absolute atomic E-state index is 12.1. The van der Waals surface area contributed by atoms with E-state index in [1.54, 1.807) is 0 Å². The van der Waals surface area contributed by atoms with E-state index >= 15 is 0 Å². The third-order valence-corrected chi connectivity index (χ3v) is 4.10. The van der Waals surface area contributed by atoms with Gasteiger partial charge in [-0.25, -0.2) is 0 Å². The summed E-state index contributed by atoms with van der Waals surface area (Å²) in [5.74, 6) is 1.76. The van der Waals surface area contributed by atoms with Gasteiger partial charge < -0.3 is 9.64 Å². The summed E-state index contributed by atoms with van der Waals surface area (Å²) in [6.45, 7) is 4.66. The van der Waals surface area contributed by atoms with Crippen molar-refractivity contribution in [2.24, 2.45) is 5.92 Å². The van der Waals surface area contributed by atoms with Crippen molar-refractivity contribution in [3.63, 3.8) is 0 Å². The molecule has 1 aromatic carbocycles. The summed E-state index contributed by atoms with van der Waals surface area (Å²) in [5.41, 5.74) is 0. The van der Waals surface area contributed by atoms with Crippen molar-refractivity contribution in [3.05, 3.63) is 28.7 Å². The topological polar surface area (TPSA) is 29.5 Å². The molecule has 1 fully saturated rings. The maximum atomic E-state index is 12.1. The maximum Gasteiger partial charge on any atom is 0.222 e. The second-order valence-corrected chi connectivity index (χ2v) is 6.41. The summed E-state index contributed by atoms with van der Waals surface area (Å²) >= 11 is 3.41. The average molecular weight is 340 g/mol. The van der Waals surface area contributed by atoms with Crippen molar-refractivity contribution >= 4 is 21.8 Å². The van der Waals surface area contributed by atoms with E-state index in [0.717, 1.165) is 36.2 Å². The average Bonchev–Trinajstić information content (AvgIpc) is 2.43. The molecular formula is C16H22BrNO2. The summed E-state index contributed by atoms with van der Waals surface area (Å²) in [7, 11) is 0. The van der Waals surface area contributed by atoms with Gasteiger partial charge in [0.05, 0.1) is 6.61 Å². The number of halogens is 1. The van der Waals surface area contributed by atoms with Crippen molar-refractivity contribution in [2.75, 3.05) is 19.7 Å². The van der Waals surface area contributed by atoms with E-state index in [2.05, 4.69) is 22.9 Å². The Morgan fingerprint density at radius 3 is 3.10 bits per heavy atom. The van der Waals surface area contributed by atoms with Gasteiger partial charge in [0.2, 0.25) is 5.91 Å². The van der Waals surface area contributed by atoms with Crippen LogP contribution in [0.4, 0.5) is 0 Å². The zero-order chi connectivity index (χ0) is 14.4. The third-order valence-electron chi connectivity index (χ3n) is 3.61. The van der Waals surface area contributed by atoms with Crippen LogP contribution in [0.2, 0.25) is 0 Å². The molecule has 1 saturated heterocycles. The summed E-state index contributed by atoms with van der Waals surface area (Å²) in [5, 5.41) is 0. The molecule has 0 radical (unpaired) electrons. The third kappa shape index (κ3) is 4.82. The number of carbonyl (C=O) groups excluding carboxylic acids is 1. The first-order chi connectivity index (χ1) is 9.65. The molecule has 110 valence electrons. The highest BCUT2D eigenvalue weighted by molar-refractivity contribution is 9.10. The minimum absolute atomic E-state index is 0.273. The molecule has 0 N–H and O–H groups in total. The second-order valence-electron chi connectivity index (χ2n) is 5.50. The molecule has 0 spiro atoms. The molecule has 1 amide bonds. The first-order valence-electron chi connectivity index (χ1n) is 7.31. The predicted octanol–water partition coefficient (Wildman–Crippen LogP) is 3.87. The Bertz CT molecular complexity index is 450. The molecule has 1 aromatic rings. The van der Waals surface area contributed by atoms with Crippen LogP contribution in [0.25, 0.3) is 0 Å². The monoisotopic (exact) mass is 339 g/mol.